The van der Waals surface area contributed by atoms with Crippen LogP contribution in [0.4, 0.5) is 0 Å². The fourth-order valence-corrected chi connectivity index (χ4v) is 12.8. The Bertz CT molecular complexity index is 1830. The summed E-state index contributed by atoms with van der Waals surface area (Å²) < 4.78 is 17.3. The van der Waals surface area contributed by atoms with Crippen molar-refractivity contribution in [1.29, 1.82) is 0 Å². The number of rotatable bonds is 29. The van der Waals surface area contributed by atoms with Crippen LogP contribution in [-0.2, 0) is 35.1 Å². The summed E-state index contributed by atoms with van der Waals surface area (Å²) in [7, 11) is 0. The van der Waals surface area contributed by atoms with Gasteiger partial charge in [-0.15, -0.1) is 11.8 Å². The number of carbonyl (C=O) groups is 3. The summed E-state index contributed by atoms with van der Waals surface area (Å²) >= 11 is 1.90. The number of amides is 3. The van der Waals surface area contributed by atoms with Gasteiger partial charge in [0, 0.05) is 81.5 Å². The van der Waals surface area contributed by atoms with Crippen molar-refractivity contribution in [3.63, 3.8) is 0 Å². The monoisotopic (exact) mass is 1040 g/mol. The third kappa shape index (κ3) is 17.5. The highest BCUT2D eigenvalue weighted by Gasteiger charge is 2.44. The summed E-state index contributed by atoms with van der Waals surface area (Å²) in [4.78, 5) is 41.7. The average Bonchev–Trinajstić information content (AvgIpc) is 4.25. The van der Waals surface area contributed by atoms with Gasteiger partial charge in [0.2, 0.25) is 17.7 Å². The van der Waals surface area contributed by atoms with E-state index in [1.54, 1.807) is 0 Å². The molecule has 0 spiro atoms. The van der Waals surface area contributed by atoms with Gasteiger partial charge in [0.1, 0.15) is 6.04 Å². The number of aliphatic hydroxyl groups excluding tert-OH is 1. The third-order valence-electron chi connectivity index (χ3n) is 15.7. The molecule has 0 radical (unpaired) electrons. The summed E-state index contributed by atoms with van der Waals surface area (Å²) in [5, 5.41) is 39.8. The number of fused-ring (bicyclic) bond motifs is 1. The van der Waals surface area contributed by atoms with Crippen LogP contribution in [0.25, 0.3) is 0 Å². The predicted octanol–water partition coefficient (Wildman–Crippen LogP) is 0.860. The minimum Gasteiger partial charge on any atom is -0.391 e. The van der Waals surface area contributed by atoms with Gasteiger partial charge in [-0.05, 0) is 74.0 Å². The van der Waals surface area contributed by atoms with Gasteiger partial charge in [0.25, 0.3) is 0 Å². The summed E-state index contributed by atoms with van der Waals surface area (Å²) in [5.74, 6) is 1.79. The summed E-state index contributed by atoms with van der Waals surface area (Å²) in [6, 6.07) is 8.60. The summed E-state index contributed by atoms with van der Waals surface area (Å²) in [5.41, 5.74) is 11.9. The summed E-state index contributed by atoms with van der Waals surface area (Å²) in [6.07, 6.45) is 8.44. The molecule has 1 aromatic carbocycles. The number of likely N-dealkylation sites (tertiary alicyclic amines) is 1. The van der Waals surface area contributed by atoms with E-state index in [0.29, 0.717) is 114 Å². The molecule has 5 saturated heterocycles. The molecule has 7 unspecified atom stereocenters. The molecule has 6 aliphatic rings. The highest BCUT2D eigenvalue weighted by atomic mass is 32.2. The fourth-order valence-electron chi connectivity index (χ4n) is 11.5. The summed E-state index contributed by atoms with van der Waals surface area (Å²) in [6.45, 7) is 20.6. The molecular formula is C52H93N13O7S. The minimum atomic E-state index is -0.765. The van der Waals surface area contributed by atoms with Crippen molar-refractivity contribution >= 4 is 29.5 Å². The number of hydrogen-bond acceptors (Lipinski definition) is 18. The van der Waals surface area contributed by atoms with Gasteiger partial charge in [-0.3, -0.25) is 30.4 Å². The average molecular weight is 1040 g/mol. The van der Waals surface area contributed by atoms with Crippen LogP contribution in [0.2, 0.25) is 0 Å². The molecule has 6 fully saturated rings. The quantitative estimate of drug-likeness (QED) is 0.0501. The SMILES string of the molecule is CCC(CC)C1CC(N[C@H]2CCC(CNCC(=O)NCC3CN(CCOCCOCCOCCN[C@H](C(=O)N4C[C@H](O)C[C@H]4C(=O)NCc4ccc(C5SCNC5C)cc4)C(C)(C)C)NN3)C2)N2NCCC2N1. The molecule has 7 rings (SSSR count). The lowest BCUT2D eigenvalue weighted by molar-refractivity contribution is -0.142. The topological polar surface area (TPSA) is 229 Å². The molecule has 3 amide bonds. The van der Waals surface area contributed by atoms with Crippen LogP contribution in [0.3, 0.4) is 0 Å². The van der Waals surface area contributed by atoms with Gasteiger partial charge in [-0.1, -0.05) is 71.7 Å². The van der Waals surface area contributed by atoms with E-state index < -0.39 is 23.6 Å². The molecule has 1 aromatic rings. The Balaban J connectivity index is 0.672. The number of carbonyl (C=O) groups excluding carboxylic acids is 3. The number of β-amino-alcohol motifs (C(OH)–C–C–N with tert-alkyl or cyclic N) is 1. The Morgan fingerprint density at radius 3 is 2.38 bits per heavy atom. The molecule has 73 heavy (non-hydrogen) atoms. The highest BCUT2D eigenvalue weighted by Crippen LogP contribution is 2.36. The number of hydrogen-bond donors (Lipinski definition) is 11. The van der Waals surface area contributed by atoms with Crippen molar-refractivity contribution in [3.8, 4) is 0 Å². The van der Waals surface area contributed by atoms with Crippen LogP contribution >= 0.6 is 11.8 Å². The second-order valence-corrected chi connectivity index (χ2v) is 23.4. The van der Waals surface area contributed by atoms with Gasteiger partial charge >= 0.3 is 0 Å². The fraction of sp³-hybridized carbons (Fsp3) is 0.827. The van der Waals surface area contributed by atoms with Crippen LogP contribution < -0.4 is 53.6 Å². The van der Waals surface area contributed by atoms with E-state index in [4.69, 9.17) is 14.2 Å². The van der Waals surface area contributed by atoms with Crippen LogP contribution in [0, 0.1) is 17.3 Å². The molecule has 11 atom stereocenters. The second kappa shape index (κ2) is 29.2. The van der Waals surface area contributed by atoms with E-state index in [-0.39, 0.29) is 36.7 Å². The third-order valence-corrected chi connectivity index (χ3v) is 17.1. The number of hydrazine groups is 3. The Morgan fingerprint density at radius 1 is 0.904 bits per heavy atom. The Morgan fingerprint density at radius 2 is 1.66 bits per heavy atom. The van der Waals surface area contributed by atoms with Crippen molar-refractivity contribution in [1.82, 2.24) is 68.5 Å². The zero-order chi connectivity index (χ0) is 51.7. The standard InChI is InChI=1S/C52H93N13O7S/c1-7-38(8-2)43-27-46(65-45(60-43)15-16-58-65)59-40-14-11-37(25-40)28-53-31-47(67)55-30-41-32-63(62-61-41)18-20-71-22-24-72-23-21-70-19-17-54-49(52(4,5)6)51(69)64-33-42(66)26-44(64)50(68)56-29-36-9-12-39(13-10-36)48-35(3)57-34-73-48/h9-10,12-13,35,37-38,40-46,48-49,53-54,57-62,66H,7-8,11,14-34H2,1-6H3,(H,55,67)(H,56,68)/t35?,37?,40-,41?,42+,43?,44-,45?,46?,48?,49+/m0/s1. The van der Waals surface area contributed by atoms with E-state index in [1.165, 1.54) is 36.1 Å². The molecule has 11 N–H and O–H groups in total. The van der Waals surface area contributed by atoms with Crippen LogP contribution in [-0.4, -0.2) is 190 Å². The Labute approximate surface area is 440 Å². The maximum atomic E-state index is 14.0. The van der Waals surface area contributed by atoms with Gasteiger partial charge in [-0.25, -0.2) is 15.4 Å². The number of thioether (sulfide) groups is 1. The van der Waals surface area contributed by atoms with Gasteiger partial charge in [0.05, 0.1) is 76.7 Å². The first-order valence-corrected chi connectivity index (χ1v) is 28.8. The minimum absolute atomic E-state index is 0.0177. The van der Waals surface area contributed by atoms with Crippen LogP contribution in [0.15, 0.2) is 24.3 Å². The molecule has 1 saturated carbocycles. The smallest absolute Gasteiger partial charge is 0.243 e. The number of ether oxygens (including phenoxy) is 3. The Hall–Kier alpha value is -2.58. The molecular weight excluding hydrogens is 951 g/mol. The molecule has 1 aliphatic carbocycles. The first kappa shape index (κ1) is 58.1. The van der Waals surface area contributed by atoms with Crippen LogP contribution in [0.1, 0.15) is 109 Å². The number of aliphatic hydroxyl groups is 1. The zero-order valence-electron chi connectivity index (χ0n) is 44.9. The number of nitrogens with zero attached hydrogens (tertiary/aromatic N) is 3. The van der Waals surface area contributed by atoms with E-state index in [9.17, 15) is 19.5 Å². The molecule has 20 nitrogen and oxygen atoms in total. The van der Waals surface area contributed by atoms with Crippen LogP contribution in [0.5, 0.6) is 0 Å². The van der Waals surface area contributed by atoms with E-state index >= 15 is 0 Å². The first-order chi connectivity index (χ1) is 35.3. The zero-order valence-corrected chi connectivity index (χ0v) is 45.7. The molecule has 5 aliphatic heterocycles. The van der Waals surface area contributed by atoms with Gasteiger partial charge in [0.15, 0.2) is 0 Å². The molecule has 414 valence electrons. The molecule has 0 bridgehead atoms. The molecule has 5 heterocycles. The largest absolute Gasteiger partial charge is 0.391 e. The van der Waals surface area contributed by atoms with Gasteiger partial charge < -0.3 is 50.8 Å². The lowest BCUT2D eigenvalue weighted by Crippen LogP contribution is -2.66. The molecule has 0 aromatic heterocycles. The predicted molar refractivity (Wildman–Crippen MR) is 285 cm³/mol. The van der Waals surface area contributed by atoms with Crippen molar-refractivity contribution < 1.29 is 33.7 Å². The second-order valence-electron chi connectivity index (χ2n) is 22.3. The maximum Gasteiger partial charge on any atom is 0.243 e. The van der Waals surface area contributed by atoms with Gasteiger partial charge in [-0.2, -0.15) is 5.53 Å². The highest BCUT2D eigenvalue weighted by molar-refractivity contribution is 7.99. The number of nitrogens with one attached hydrogen (secondary N) is 10. The van der Waals surface area contributed by atoms with E-state index in [2.05, 4.69) is 96.5 Å². The number of benzene rings is 1. The van der Waals surface area contributed by atoms with Crippen molar-refractivity contribution in [2.24, 2.45) is 17.3 Å². The van der Waals surface area contributed by atoms with E-state index in [0.717, 1.165) is 56.3 Å². The normalized spacial score (nSPS) is 29.3. The lowest BCUT2D eigenvalue weighted by atomic mass is 9.85. The van der Waals surface area contributed by atoms with Crippen molar-refractivity contribution in [2.75, 3.05) is 97.9 Å². The van der Waals surface area contributed by atoms with E-state index in [1.807, 2.05) is 44.7 Å². The molecule has 21 heteroatoms. The first-order valence-electron chi connectivity index (χ1n) is 27.7. The Kier molecular flexibility index (Phi) is 23.3. The maximum absolute atomic E-state index is 14.0. The van der Waals surface area contributed by atoms with Crippen molar-refractivity contribution in [2.45, 2.75) is 159 Å². The van der Waals surface area contributed by atoms with Crippen molar-refractivity contribution in [3.05, 3.63) is 35.4 Å². The lowest BCUT2D eigenvalue weighted by Gasteiger charge is -2.45.